The first-order valence-electron chi connectivity index (χ1n) is 11.8. The molecule has 0 aliphatic carbocycles. The summed E-state index contributed by atoms with van der Waals surface area (Å²) in [6, 6.07) is 26.1. The van der Waals surface area contributed by atoms with Gasteiger partial charge in [0.1, 0.15) is 23.8 Å². The minimum absolute atomic E-state index is 0.114. The Labute approximate surface area is 209 Å². The number of carbonyl (C=O) groups excluding carboxylic acids is 1. The number of nitrogens with one attached hydrogen (secondary N) is 1. The van der Waals surface area contributed by atoms with E-state index >= 15 is 0 Å². The Morgan fingerprint density at radius 1 is 0.972 bits per heavy atom. The predicted octanol–water partition coefficient (Wildman–Crippen LogP) is 6.52. The number of halogens is 1. The van der Waals surface area contributed by atoms with E-state index in [1.54, 1.807) is 19.1 Å². The summed E-state index contributed by atoms with van der Waals surface area (Å²) in [6.45, 7) is 4.19. The van der Waals surface area contributed by atoms with Crippen molar-refractivity contribution in [2.75, 3.05) is 5.32 Å². The van der Waals surface area contributed by atoms with Gasteiger partial charge >= 0.3 is 0 Å². The summed E-state index contributed by atoms with van der Waals surface area (Å²) in [4.78, 5) is 17.8. The number of pyridine rings is 1. The molecule has 0 saturated heterocycles. The third kappa shape index (κ3) is 5.13. The quantitative estimate of drug-likeness (QED) is 0.289. The Hall–Kier alpha value is -4.45. The fourth-order valence-corrected chi connectivity index (χ4v) is 4.12. The maximum absolute atomic E-state index is 13.9. The summed E-state index contributed by atoms with van der Waals surface area (Å²) in [6.07, 6.45) is 2.08. The average Bonchev–Trinajstić information content (AvgIpc) is 3.23. The molecule has 36 heavy (non-hydrogen) atoms. The van der Waals surface area contributed by atoms with Crippen molar-refractivity contribution in [3.8, 4) is 17.0 Å². The van der Waals surface area contributed by atoms with E-state index in [4.69, 9.17) is 9.72 Å². The third-order valence-electron chi connectivity index (χ3n) is 6.01. The number of hydrogen-bond donors (Lipinski definition) is 1. The van der Waals surface area contributed by atoms with Crippen LogP contribution in [0.4, 0.5) is 10.1 Å². The van der Waals surface area contributed by atoms with Gasteiger partial charge in [0, 0.05) is 17.4 Å². The van der Waals surface area contributed by atoms with Gasteiger partial charge in [0.2, 0.25) is 5.91 Å². The summed E-state index contributed by atoms with van der Waals surface area (Å²) in [5, 5.41) is 2.96. The molecule has 0 radical (unpaired) electrons. The molecule has 0 aliphatic rings. The second-order valence-electron chi connectivity index (χ2n) is 8.83. The minimum Gasteiger partial charge on any atom is -0.489 e. The second-order valence-corrected chi connectivity index (χ2v) is 8.83. The van der Waals surface area contributed by atoms with E-state index < -0.39 is 0 Å². The van der Waals surface area contributed by atoms with Gasteiger partial charge in [0.05, 0.1) is 17.8 Å². The van der Waals surface area contributed by atoms with Crippen molar-refractivity contribution in [3.63, 3.8) is 0 Å². The number of aromatic nitrogens is 2. The normalized spacial score (nSPS) is 11.0. The number of rotatable bonds is 7. The van der Waals surface area contributed by atoms with Gasteiger partial charge in [0.15, 0.2) is 0 Å². The number of aryl methyl sites for hydroxylation is 2. The molecular weight excluding hydrogens is 453 g/mol. The summed E-state index contributed by atoms with van der Waals surface area (Å²) < 4.78 is 21.7. The molecule has 0 unspecified atom stereocenters. The van der Waals surface area contributed by atoms with Gasteiger partial charge in [-0.05, 0) is 79.1 Å². The summed E-state index contributed by atoms with van der Waals surface area (Å²) >= 11 is 0. The molecule has 1 N–H and O–H groups in total. The van der Waals surface area contributed by atoms with E-state index in [1.165, 1.54) is 6.07 Å². The Bertz CT molecular complexity index is 1530. The largest absolute Gasteiger partial charge is 0.489 e. The Morgan fingerprint density at radius 2 is 1.75 bits per heavy atom. The van der Waals surface area contributed by atoms with E-state index in [2.05, 4.69) is 5.32 Å². The van der Waals surface area contributed by atoms with Crippen LogP contribution in [0.5, 0.6) is 5.75 Å². The van der Waals surface area contributed by atoms with Crippen molar-refractivity contribution in [1.29, 1.82) is 0 Å². The molecule has 0 aliphatic heterocycles. The number of nitrogens with zero attached hydrogens (tertiary/aromatic N) is 2. The Kier molecular flexibility index (Phi) is 6.50. The monoisotopic (exact) mass is 479 g/mol. The van der Waals surface area contributed by atoms with Crippen molar-refractivity contribution in [2.24, 2.45) is 0 Å². The highest BCUT2D eigenvalue weighted by Gasteiger charge is 2.18. The zero-order valence-electron chi connectivity index (χ0n) is 20.2. The molecule has 180 valence electrons. The standard InChI is InChI=1S/C30H26FN3O2/c1-20-8-15-28-33-30(23-9-14-26(31)21(2)16-23)27(34(28)18-20)17-29(35)32-24-10-12-25(13-11-24)36-19-22-6-4-3-5-7-22/h3-16,18H,17,19H2,1-2H3,(H,32,35). The zero-order valence-corrected chi connectivity index (χ0v) is 20.2. The third-order valence-corrected chi connectivity index (χ3v) is 6.01. The maximum Gasteiger partial charge on any atom is 0.230 e. The number of imidazole rings is 1. The van der Waals surface area contributed by atoms with Crippen LogP contribution in [0.3, 0.4) is 0 Å². The van der Waals surface area contributed by atoms with Crippen LogP contribution in [0.2, 0.25) is 0 Å². The van der Waals surface area contributed by atoms with Gasteiger partial charge in [-0.1, -0.05) is 36.4 Å². The van der Waals surface area contributed by atoms with E-state index in [9.17, 15) is 9.18 Å². The molecule has 0 bridgehead atoms. The molecule has 6 heteroatoms. The lowest BCUT2D eigenvalue weighted by molar-refractivity contribution is -0.115. The average molecular weight is 480 g/mol. The van der Waals surface area contributed by atoms with Crippen molar-refractivity contribution < 1.29 is 13.9 Å². The molecule has 0 fully saturated rings. The van der Waals surface area contributed by atoms with Crippen molar-refractivity contribution >= 4 is 17.2 Å². The second kappa shape index (κ2) is 10.0. The highest BCUT2D eigenvalue weighted by molar-refractivity contribution is 5.93. The van der Waals surface area contributed by atoms with Crippen LogP contribution >= 0.6 is 0 Å². The summed E-state index contributed by atoms with van der Waals surface area (Å²) in [5.74, 6) is 0.285. The molecule has 3 aromatic carbocycles. The lowest BCUT2D eigenvalue weighted by Crippen LogP contribution is -2.16. The van der Waals surface area contributed by atoms with Gasteiger partial charge in [-0.15, -0.1) is 0 Å². The molecule has 1 amide bonds. The van der Waals surface area contributed by atoms with Crippen molar-refractivity contribution in [1.82, 2.24) is 9.38 Å². The molecule has 0 saturated carbocycles. The fraction of sp³-hybridized carbons (Fsp3) is 0.133. The molecule has 5 aromatic rings. The number of benzene rings is 3. The van der Waals surface area contributed by atoms with Crippen LogP contribution in [-0.4, -0.2) is 15.3 Å². The van der Waals surface area contributed by atoms with Gasteiger partial charge in [0.25, 0.3) is 0 Å². The van der Waals surface area contributed by atoms with Crippen LogP contribution in [0.25, 0.3) is 16.9 Å². The van der Waals surface area contributed by atoms with Gasteiger partial charge in [-0.3, -0.25) is 4.79 Å². The van der Waals surface area contributed by atoms with Gasteiger partial charge in [-0.2, -0.15) is 0 Å². The highest BCUT2D eigenvalue weighted by atomic mass is 19.1. The molecule has 5 rings (SSSR count). The number of ether oxygens (including phenoxy) is 1. The van der Waals surface area contributed by atoms with Gasteiger partial charge in [-0.25, -0.2) is 9.37 Å². The molecule has 0 atom stereocenters. The summed E-state index contributed by atoms with van der Waals surface area (Å²) in [7, 11) is 0. The maximum atomic E-state index is 13.9. The molecule has 5 nitrogen and oxygen atoms in total. The van der Waals surface area contributed by atoms with Crippen LogP contribution in [0, 0.1) is 19.7 Å². The predicted molar refractivity (Wildman–Crippen MR) is 140 cm³/mol. The van der Waals surface area contributed by atoms with E-state index in [0.29, 0.717) is 23.6 Å². The van der Waals surface area contributed by atoms with E-state index in [1.807, 2.05) is 84.3 Å². The van der Waals surface area contributed by atoms with Crippen LogP contribution in [0.15, 0.2) is 91.1 Å². The van der Waals surface area contributed by atoms with Gasteiger partial charge < -0.3 is 14.5 Å². The van der Waals surface area contributed by atoms with Crippen molar-refractivity contribution in [3.05, 3.63) is 119 Å². The first kappa shape index (κ1) is 23.3. The van der Waals surface area contributed by atoms with Crippen LogP contribution in [0.1, 0.15) is 22.4 Å². The SMILES string of the molecule is Cc1ccc2nc(-c3ccc(F)c(C)c3)c(CC(=O)Nc3ccc(OCc4ccccc4)cc3)n2c1. The number of carbonyl (C=O) groups is 1. The van der Waals surface area contributed by atoms with Crippen LogP contribution < -0.4 is 10.1 Å². The Balaban J connectivity index is 1.34. The molecule has 0 spiro atoms. The molecule has 2 aromatic heterocycles. The smallest absolute Gasteiger partial charge is 0.230 e. The topological polar surface area (TPSA) is 55.6 Å². The number of amides is 1. The molecular formula is C30H26FN3O2. The number of hydrogen-bond acceptors (Lipinski definition) is 3. The minimum atomic E-state index is -0.270. The van der Waals surface area contributed by atoms with Crippen LogP contribution in [-0.2, 0) is 17.8 Å². The lowest BCUT2D eigenvalue weighted by Gasteiger charge is -2.10. The van der Waals surface area contributed by atoms with Crippen molar-refractivity contribution in [2.45, 2.75) is 26.9 Å². The first-order valence-corrected chi connectivity index (χ1v) is 11.8. The van der Waals surface area contributed by atoms with E-state index in [-0.39, 0.29) is 18.1 Å². The molecule has 2 heterocycles. The fourth-order valence-electron chi connectivity index (χ4n) is 4.12. The lowest BCUT2D eigenvalue weighted by atomic mass is 10.1. The highest BCUT2D eigenvalue weighted by Crippen LogP contribution is 2.27. The number of anilines is 1. The van der Waals surface area contributed by atoms with E-state index in [0.717, 1.165) is 33.8 Å². The zero-order chi connectivity index (χ0) is 25.1. The first-order chi connectivity index (χ1) is 17.5. The summed E-state index contributed by atoms with van der Waals surface area (Å²) in [5.41, 5.74) is 6.28. The Morgan fingerprint density at radius 3 is 2.50 bits per heavy atom. The number of fused-ring (bicyclic) bond motifs is 1.